The quantitative estimate of drug-likeness (QED) is 0.509. The Labute approximate surface area is 178 Å². The lowest BCUT2D eigenvalue weighted by atomic mass is 10.2. The van der Waals surface area contributed by atoms with Crippen LogP contribution in [-0.2, 0) is 7.05 Å². The van der Waals surface area contributed by atoms with E-state index in [0.29, 0.717) is 27.1 Å². The first-order valence-corrected chi connectivity index (χ1v) is 9.33. The molecule has 0 aliphatic rings. The van der Waals surface area contributed by atoms with Crippen LogP contribution in [-0.4, -0.2) is 24.7 Å². The van der Waals surface area contributed by atoms with Crippen molar-refractivity contribution in [2.24, 2.45) is 7.05 Å². The number of hydrogen-bond donors (Lipinski definition) is 1. The van der Waals surface area contributed by atoms with Crippen LogP contribution < -0.4 is 16.0 Å². The second kappa shape index (κ2) is 7.77. The molecule has 1 N–H and O–H groups in total. The van der Waals surface area contributed by atoms with E-state index in [4.69, 9.17) is 32.5 Å². The van der Waals surface area contributed by atoms with Crippen molar-refractivity contribution in [2.45, 2.75) is 6.92 Å². The number of nitrogens with zero attached hydrogens (tertiary/aromatic N) is 4. The zero-order valence-corrected chi connectivity index (χ0v) is 17.2. The molecule has 3 aromatic heterocycles. The fourth-order valence-electron chi connectivity index (χ4n) is 2.72. The van der Waals surface area contributed by atoms with Gasteiger partial charge in [0.15, 0.2) is 0 Å². The molecule has 0 unspecified atom stereocenters. The molecule has 0 radical (unpaired) electrons. The Balaban J connectivity index is 1.76. The lowest BCUT2D eigenvalue weighted by Gasteiger charge is -2.09. The number of benzene rings is 1. The van der Waals surface area contributed by atoms with Gasteiger partial charge < -0.3 is 13.8 Å². The highest BCUT2D eigenvalue weighted by Gasteiger charge is 2.21. The Morgan fingerprint density at radius 1 is 1.20 bits per heavy atom. The number of hydrogen-bond acceptors (Lipinski definition) is 7. The highest BCUT2D eigenvalue weighted by molar-refractivity contribution is 6.35. The molecule has 0 atom stereocenters. The van der Waals surface area contributed by atoms with Crippen LogP contribution in [0.1, 0.15) is 5.69 Å². The van der Waals surface area contributed by atoms with Gasteiger partial charge in [0.2, 0.25) is 11.7 Å². The maximum atomic E-state index is 12.3. The van der Waals surface area contributed by atoms with E-state index < -0.39 is 11.2 Å². The summed E-state index contributed by atoms with van der Waals surface area (Å²) in [7, 11) is 1.53. The van der Waals surface area contributed by atoms with Crippen molar-refractivity contribution in [3.63, 3.8) is 0 Å². The summed E-state index contributed by atoms with van der Waals surface area (Å²) in [6, 6.07) is 8.11. The zero-order valence-electron chi connectivity index (χ0n) is 15.6. The first-order chi connectivity index (χ1) is 14.3. The van der Waals surface area contributed by atoms with Crippen molar-refractivity contribution in [1.29, 1.82) is 0 Å². The Bertz CT molecular complexity index is 1380. The molecular weight excluding hydrogens is 433 g/mol. The predicted molar refractivity (Wildman–Crippen MR) is 110 cm³/mol. The first kappa shape index (κ1) is 19.9. The minimum Gasteiger partial charge on any atom is -0.437 e. The SMILES string of the molecule is Cc1c(-c2noc(-c3cccnc3Oc3ccc(Cl)cc3Cl)n2)c(=O)[nH]c(=O)n1C. The van der Waals surface area contributed by atoms with Crippen molar-refractivity contribution >= 4 is 23.2 Å². The average molecular weight is 446 g/mol. The van der Waals surface area contributed by atoms with E-state index in [1.54, 1.807) is 37.3 Å². The normalized spacial score (nSPS) is 10.9. The number of aromatic nitrogens is 5. The molecule has 0 saturated carbocycles. The summed E-state index contributed by atoms with van der Waals surface area (Å²) in [6.45, 7) is 1.61. The van der Waals surface area contributed by atoms with Crippen LogP contribution in [0.15, 0.2) is 50.6 Å². The third-order valence-corrected chi connectivity index (χ3v) is 4.90. The van der Waals surface area contributed by atoms with Crippen LogP contribution in [0, 0.1) is 6.92 Å². The van der Waals surface area contributed by atoms with Gasteiger partial charge in [-0.15, -0.1) is 0 Å². The lowest BCUT2D eigenvalue weighted by Crippen LogP contribution is -2.31. The first-order valence-electron chi connectivity index (χ1n) is 8.57. The largest absolute Gasteiger partial charge is 0.437 e. The Hall–Kier alpha value is -3.43. The third-order valence-electron chi connectivity index (χ3n) is 4.37. The highest BCUT2D eigenvalue weighted by atomic mass is 35.5. The fourth-order valence-corrected chi connectivity index (χ4v) is 3.17. The van der Waals surface area contributed by atoms with Crippen molar-refractivity contribution in [3.05, 3.63) is 73.1 Å². The molecule has 152 valence electrons. The van der Waals surface area contributed by atoms with E-state index in [2.05, 4.69) is 20.1 Å². The number of ether oxygens (including phenoxy) is 1. The van der Waals surface area contributed by atoms with Crippen molar-refractivity contribution in [1.82, 2.24) is 24.7 Å². The predicted octanol–water partition coefficient (Wildman–Crippen LogP) is 3.59. The van der Waals surface area contributed by atoms with Crippen molar-refractivity contribution in [2.75, 3.05) is 0 Å². The number of H-pyrrole nitrogens is 1. The van der Waals surface area contributed by atoms with Gasteiger partial charge in [-0.25, -0.2) is 9.78 Å². The summed E-state index contributed by atoms with van der Waals surface area (Å²) in [4.78, 5) is 34.7. The van der Waals surface area contributed by atoms with E-state index in [1.807, 2.05) is 0 Å². The van der Waals surface area contributed by atoms with Crippen LogP contribution in [0.3, 0.4) is 0 Å². The molecule has 1 aromatic carbocycles. The van der Waals surface area contributed by atoms with Gasteiger partial charge in [0.05, 0.1) is 5.02 Å². The lowest BCUT2D eigenvalue weighted by molar-refractivity contribution is 0.424. The molecule has 0 aliphatic heterocycles. The Morgan fingerprint density at radius 2 is 2.00 bits per heavy atom. The molecule has 0 saturated heterocycles. The Morgan fingerprint density at radius 3 is 2.77 bits per heavy atom. The number of aromatic amines is 1. The minimum absolute atomic E-state index is 0.0266. The molecule has 30 heavy (non-hydrogen) atoms. The van der Waals surface area contributed by atoms with E-state index in [0.717, 1.165) is 0 Å². The molecule has 0 fully saturated rings. The second-order valence-corrected chi connectivity index (χ2v) is 7.08. The molecule has 0 aliphatic carbocycles. The standard InChI is InChI=1S/C19H13Cl2N5O4/c1-9-14(16(27)24-19(28)26(9)2)15-23-18(30-25-15)11-4-3-7-22-17(11)29-13-6-5-10(20)8-12(13)21/h3-8H,1-2H3,(H,24,27,28). The van der Waals surface area contributed by atoms with Crippen molar-refractivity contribution in [3.8, 4) is 34.5 Å². The summed E-state index contributed by atoms with van der Waals surface area (Å²) in [5.41, 5.74) is -0.238. The number of rotatable bonds is 4. The monoisotopic (exact) mass is 445 g/mol. The summed E-state index contributed by atoms with van der Waals surface area (Å²) in [6.07, 6.45) is 1.53. The molecule has 4 aromatic rings. The van der Waals surface area contributed by atoms with Gasteiger partial charge in [-0.05, 0) is 37.3 Å². The van der Waals surface area contributed by atoms with Gasteiger partial charge in [-0.1, -0.05) is 28.4 Å². The van der Waals surface area contributed by atoms with E-state index >= 15 is 0 Å². The fraction of sp³-hybridized carbons (Fsp3) is 0.105. The molecule has 3 heterocycles. The highest BCUT2D eigenvalue weighted by Crippen LogP contribution is 2.35. The number of halogens is 2. The topological polar surface area (TPSA) is 116 Å². The smallest absolute Gasteiger partial charge is 0.328 e. The van der Waals surface area contributed by atoms with E-state index in [-0.39, 0.29) is 23.2 Å². The molecule has 9 nitrogen and oxygen atoms in total. The van der Waals surface area contributed by atoms with Gasteiger partial charge in [0.25, 0.3) is 11.4 Å². The second-order valence-electron chi connectivity index (χ2n) is 6.23. The van der Waals surface area contributed by atoms with Gasteiger partial charge in [0, 0.05) is 24.0 Å². The molecule has 0 spiro atoms. The van der Waals surface area contributed by atoms with Gasteiger partial charge in [0.1, 0.15) is 16.9 Å². The molecular formula is C19H13Cl2N5O4. The minimum atomic E-state index is -0.612. The summed E-state index contributed by atoms with van der Waals surface area (Å²) in [5, 5.41) is 4.65. The number of nitrogens with one attached hydrogen (secondary N) is 1. The van der Waals surface area contributed by atoms with Crippen LogP contribution in [0.5, 0.6) is 11.6 Å². The van der Waals surface area contributed by atoms with Crippen LogP contribution in [0.25, 0.3) is 22.8 Å². The summed E-state index contributed by atoms with van der Waals surface area (Å²) < 4.78 is 12.4. The molecule has 11 heteroatoms. The Kier molecular flexibility index (Phi) is 5.15. The van der Waals surface area contributed by atoms with Gasteiger partial charge in [-0.3, -0.25) is 9.78 Å². The molecule has 0 amide bonds. The number of pyridine rings is 1. The van der Waals surface area contributed by atoms with Gasteiger partial charge >= 0.3 is 5.69 Å². The van der Waals surface area contributed by atoms with Crippen LogP contribution in [0.4, 0.5) is 0 Å². The van der Waals surface area contributed by atoms with Crippen LogP contribution >= 0.6 is 23.2 Å². The summed E-state index contributed by atoms with van der Waals surface area (Å²) in [5.74, 6) is 0.610. The zero-order chi connectivity index (χ0) is 21.4. The van der Waals surface area contributed by atoms with E-state index in [1.165, 1.54) is 17.8 Å². The molecule has 4 rings (SSSR count). The van der Waals surface area contributed by atoms with E-state index in [9.17, 15) is 9.59 Å². The van der Waals surface area contributed by atoms with Crippen LogP contribution in [0.2, 0.25) is 10.0 Å². The average Bonchev–Trinajstić information content (AvgIpc) is 3.18. The molecule has 0 bridgehead atoms. The maximum Gasteiger partial charge on any atom is 0.328 e. The summed E-state index contributed by atoms with van der Waals surface area (Å²) >= 11 is 12.1. The van der Waals surface area contributed by atoms with Crippen molar-refractivity contribution < 1.29 is 9.26 Å². The third kappa shape index (κ3) is 3.60. The maximum absolute atomic E-state index is 12.3. The van der Waals surface area contributed by atoms with Gasteiger partial charge in [-0.2, -0.15) is 4.98 Å².